The molecule has 0 heterocycles. The van der Waals surface area contributed by atoms with E-state index in [1.807, 2.05) is 0 Å². The van der Waals surface area contributed by atoms with Gasteiger partial charge >= 0.3 is 0 Å². The lowest BCUT2D eigenvalue weighted by Crippen LogP contribution is -2.36. The van der Waals surface area contributed by atoms with Crippen LogP contribution in [0.4, 0.5) is 4.39 Å². The van der Waals surface area contributed by atoms with Crippen LogP contribution in [-0.4, -0.2) is 21.1 Å². The fraction of sp³-hybridized carbons (Fsp3) is 0.333. The fourth-order valence-electron chi connectivity index (χ4n) is 1.13. The third kappa shape index (κ3) is 3.53. The van der Waals surface area contributed by atoms with E-state index in [4.69, 9.17) is 5.90 Å². The summed E-state index contributed by atoms with van der Waals surface area (Å²) in [5.74, 6) is 4.33. The predicted octanol–water partition coefficient (Wildman–Crippen LogP) is 0.383. The molecule has 0 saturated heterocycles. The third-order valence-corrected chi connectivity index (χ3v) is 3.43. The van der Waals surface area contributed by atoms with Gasteiger partial charge in [-0.3, -0.25) is 0 Å². The van der Waals surface area contributed by atoms with Crippen molar-refractivity contribution in [2.24, 2.45) is 5.90 Å². The molecule has 0 aliphatic rings. The monoisotopic (exact) mass is 248 g/mol. The van der Waals surface area contributed by atoms with E-state index in [0.29, 0.717) is 0 Å². The maximum absolute atomic E-state index is 12.6. The lowest BCUT2D eigenvalue weighted by atomic mass is 10.4. The average molecular weight is 248 g/mol. The van der Waals surface area contributed by atoms with Gasteiger partial charge in [0, 0.05) is 6.04 Å². The summed E-state index contributed by atoms with van der Waals surface area (Å²) in [6.07, 6.45) is 0. The van der Waals surface area contributed by atoms with Crippen molar-refractivity contribution in [2.45, 2.75) is 17.9 Å². The molecule has 0 saturated carbocycles. The first-order chi connectivity index (χ1) is 7.45. The van der Waals surface area contributed by atoms with Crippen molar-refractivity contribution in [3.8, 4) is 0 Å². The number of rotatable bonds is 5. The second-order valence-corrected chi connectivity index (χ2v) is 5.02. The molecule has 1 aromatic carbocycles. The average Bonchev–Trinajstić information content (AvgIpc) is 2.17. The van der Waals surface area contributed by atoms with E-state index in [1.165, 1.54) is 12.1 Å². The molecule has 1 atom stereocenters. The fourth-order valence-corrected chi connectivity index (χ4v) is 2.35. The molecule has 90 valence electrons. The summed E-state index contributed by atoms with van der Waals surface area (Å²) in [6.45, 7) is 1.66. The van der Waals surface area contributed by atoms with Crippen LogP contribution in [0.15, 0.2) is 29.2 Å². The van der Waals surface area contributed by atoms with E-state index in [1.54, 1.807) is 6.92 Å². The molecule has 0 amide bonds. The Labute approximate surface area is 93.4 Å². The number of nitrogens with two attached hydrogens (primary N) is 1. The number of hydrogen-bond donors (Lipinski definition) is 2. The van der Waals surface area contributed by atoms with Gasteiger partial charge in [-0.15, -0.1) is 0 Å². The number of halogens is 1. The first-order valence-electron chi connectivity index (χ1n) is 4.55. The largest absolute Gasteiger partial charge is 0.303 e. The summed E-state index contributed by atoms with van der Waals surface area (Å²) < 4.78 is 38.3. The first-order valence-corrected chi connectivity index (χ1v) is 6.03. The van der Waals surface area contributed by atoms with Crippen LogP contribution in [0.1, 0.15) is 6.92 Å². The van der Waals surface area contributed by atoms with Crippen LogP contribution in [0.3, 0.4) is 0 Å². The van der Waals surface area contributed by atoms with Gasteiger partial charge < -0.3 is 4.84 Å². The second-order valence-electron chi connectivity index (χ2n) is 3.31. The highest BCUT2D eigenvalue weighted by atomic mass is 32.2. The van der Waals surface area contributed by atoms with Crippen molar-refractivity contribution in [1.82, 2.24) is 4.72 Å². The highest BCUT2D eigenvalue weighted by Gasteiger charge is 2.17. The zero-order valence-corrected chi connectivity index (χ0v) is 9.50. The van der Waals surface area contributed by atoms with Crippen LogP contribution in [0.2, 0.25) is 0 Å². The molecule has 0 fully saturated rings. The van der Waals surface area contributed by atoms with Gasteiger partial charge in [0.2, 0.25) is 10.0 Å². The standard InChI is InChI=1S/C9H13FN2O3S/c1-7(6-15-11)12-16(13,14)9-4-2-8(10)3-5-9/h2-5,7,12H,6,11H2,1H3. The Morgan fingerprint density at radius 2 is 2.00 bits per heavy atom. The summed E-state index contributed by atoms with van der Waals surface area (Å²) in [6, 6.07) is 4.08. The van der Waals surface area contributed by atoms with Crippen LogP contribution in [0, 0.1) is 5.82 Å². The van der Waals surface area contributed by atoms with E-state index in [0.717, 1.165) is 12.1 Å². The SMILES string of the molecule is CC(CON)NS(=O)(=O)c1ccc(F)cc1. The lowest BCUT2D eigenvalue weighted by molar-refractivity contribution is 0.124. The molecule has 0 spiro atoms. The van der Waals surface area contributed by atoms with E-state index in [9.17, 15) is 12.8 Å². The first kappa shape index (κ1) is 13.0. The van der Waals surface area contributed by atoms with Crippen LogP contribution in [0.5, 0.6) is 0 Å². The molecule has 1 rings (SSSR count). The number of hydrogen-bond acceptors (Lipinski definition) is 4. The molecule has 1 aromatic rings. The Balaban J connectivity index is 2.82. The summed E-state index contributed by atoms with van der Waals surface area (Å²) in [5, 5.41) is 0. The molecule has 7 heteroatoms. The van der Waals surface area contributed by atoms with Crippen LogP contribution in [0.25, 0.3) is 0 Å². The predicted molar refractivity (Wildman–Crippen MR) is 56.3 cm³/mol. The Morgan fingerprint density at radius 3 is 2.50 bits per heavy atom. The molecular weight excluding hydrogens is 235 g/mol. The van der Waals surface area contributed by atoms with Crippen LogP contribution < -0.4 is 10.6 Å². The van der Waals surface area contributed by atoms with Gasteiger partial charge in [-0.25, -0.2) is 23.4 Å². The molecule has 3 N–H and O–H groups in total. The van der Waals surface area contributed by atoms with Gasteiger partial charge in [0.1, 0.15) is 5.82 Å². The van der Waals surface area contributed by atoms with Crippen LogP contribution in [-0.2, 0) is 14.9 Å². The minimum Gasteiger partial charge on any atom is -0.303 e. The zero-order chi connectivity index (χ0) is 12.2. The number of benzene rings is 1. The van der Waals surface area contributed by atoms with Gasteiger partial charge in [-0.2, -0.15) is 0 Å². The molecule has 16 heavy (non-hydrogen) atoms. The minimum absolute atomic E-state index is 0.00206. The highest BCUT2D eigenvalue weighted by molar-refractivity contribution is 7.89. The second kappa shape index (κ2) is 5.35. The third-order valence-electron chi connectivity index (χ3n) is 1.83. The van der Waals surface area contributed by atoms with Gasteiger partial charge in [0.15, 0.2) is 0 Å². The summed E-state index contributed by atoms with van der Waals surface area (Å²) in [7, 11) is -3.65. The van der Waals surface area contributed by atoms with Crippen molar-refractivity contribution in [3.63, 3.8) is 0 Å². The van der Waals surface area contributed by atoms with Gasteiger partial charge in [-0.05, 0) is 31.2 Å². The van der Waals surface area contributed by atoms with Crippen LogP contribution >= 0.6 is 0 Å². The molecule has 0 bridgehead atoms. The molecule has 0 radical (unpaired) electrons. The maximum atomic E-state index is 12.6. The molecular formula is C9H13FN2O3S. The van der Waals surface area contributed by atoms with E-state index in [-0.39, 0.29) is 11.5 Å². The summed E-state index contributed by atoms with van der Waals surface area (Å²) in [4.78, 5) is 4.32. The topological polar surface area (TPSA) is 81.4 Å². The molecule has 5 nitrogen and oxygen atoms in total. The quantitative estimate of drug-likeness (QED) is 0.738. The van der Waals surface area contributed by atoms with Crippen molar-refractivity contribution >= 4 is 10.0 Å². The molecule has 1 unspecified atom stereocenters. The van der Waals surface area contributed by atoms with Crippen molar-refractivity contribution in [3.05, 3.63) is 30.1 Å². The molecule has 0 aliphatic heterocycles. The van der Waals surface area contributed by atoms with Crippen molar-refractivity contribution in [1.29, 1.82) is 0 Å². The Hall–Kier alpha value is -1.02. The highest BCUT2D eigenvalue weighted by Crippen LogP contribution is 2.09. The zero-order valence-electron chi connectivity index (χ0n) is 8.68. The molecule has 0 aliphatic carbocycles. The van der Waals surface area contributed by atoms with E-state index in [2.05, 4.69) is 9.56 Å². The lowest BCUT2D eigenvalue weighted by Gasteiger charge is -2.12. The Bertz CT molecular complexity index is 433. The number of sulfonamides is 1. The van der Waals surface area contributed by atoms with Gasteiger partial charge in [0.25, 0.3) is 0 Å². The van der Waals surface area contributed by atoms with E-state index >= 15 is 0 Å². The normalized spacial score (nSPS) is 13.7. The minimum atomic E-state index is -3.65. The van der Waals surface area contributed by atoms with Crippen molar-refractivity contribution < 1.29 is 17.6 Å². The number of nitrogens with one attached hydrogen (secondary N) is 1. The summed E-state index contributed by atoms with van der Waals surface area (Å²) >= 11 is 0. The Kier molecular flexibility index (Phi) is 4.36. The van der Waals surface area contributed by atoms with E-state index < -0.39 is 21.9 Å². The smallest absolute Gasteiger partial charge is 0.240 e. The Morgan fingerprint density at radius 1 is 1.44 bits per heavy atom. The van der Waals surface area contributed by atoms with Crippen molar-refractivity contribution in [2.75, 3.05) is 6.61 Å². The van der Waals surface area contributed by atoms with Gasteiger partial charge in [-0.1, -0.05) is 0 Å². The molecule has 0 aromatic heterocycles. The maximum Gasteiger partial charge on any atom is 0.240 e. The van der Waals surface area contributed by atoms with Gasteiger partial charge in [0.05, 0.1) is 11.5 Å². The summed E-state index contributed by atoms with van der Waals surface area (Å²) in [5.41, 5.74) is 0.